The van der Waals surface area contributed by atoms with Crippen LogP contribution < -0.4 is 10.1 Å². The van der Waals surface area contributed by atoms with Crippen LogP contribution in [0.4, 0.5) is 5.69 Å². The molecule has 1 aliphatic heterocycles. The van der Waals surface area contributed by atoms with Crippen molar-refractivity contribution in [2.24, 2.45) is 0 Å². The quantitative estimate of drug-likeness (QED) is 0.764. The lowest BCUT2D eigenvalue weighted by Crippen LogP contribution is -2.47. The van der Waals surface area contributed by atoms with Crippen molar-refractivity contribution < 1.29 is 14.3 Å². The maximum absolute atomic E-state index is 12.5. The van der Waals surface area contributed by atoms with E-state index in [4.69, 9.17) is 4.74 Å². The molecule has 1 aliphatic rings. The minimum atomic E-state index is -0.354. The molecule has 1 fully saturated rings. The largest absolute Gasteiger partial charge is 0.497 e. The van der Waals surface area contributed by atoms with Gasteiger partial charge in [0.25, 0.3) is 5.91 Å². The fraction of sp³-hybridized carbons (Fsp3) is 0.364. The highest BCUT2D eigenvalue weighted by Gasteiger charge is 2.27. The lowest BCUT2D eigenvalue weighted by molar-refractivity contribution is -0.145. The predicted molar refractivity (Wildman–Crippen MR) is 106 cm³/mol. The van der Waals surface area contributed by atoms with Crippen molar-refractivity contribution in [1.29, 1.82) is 0 Å². The minimum absolute atomic E-state index is 0.151. The zero-order chi connectivity index (χ0) is 19.1. The number of carbonyl (C=O) groups excluding carboxylic acids is 2. The average Bonchev–Trinajstić information content (AvgIpc) is 2.73. The van der Waals surface area contributed by atoms with Crippen molar-refractivity contribution in [2.45, 2.75) is 31.7 Å². The van der Waals surface area contributed by atoms with Crippen molar-refractivity contribution in [1.82, 2.24) is 4.90 Å². The summed E-state index contributed by atoms with van der Waals surface area (Å²) in [6, 6.07) is 17.7. The van der Waals surface area contributed by atoms with Crippen molar-refractivity contribution in [3.05, 3.63) is 60.2 Å². The Hall–Kier alpha value is -2.82. The lowest BCUT2D eigenvalue weighted by Gasteiger charge is -2.33. The Kier molecular flexibility index (Phi) is 6.47. The van der Waals surface area contributed by atoms with Crippen molar-refractivity contribution in [2.75, 3.05) is 25.5 Å². The van der Waals surface area contributed by atoms with Gasteiger partial charge in [-0.2, -0.15) is 0 Å². The van der Waals surface area contributed by atoms with Gasteiger partial charge in [-0.3, -0.25) is 9.59 Å². The fourth-order valence-corrected chi connectivity index (χ4v) is 3.39. The van der Waals surface area contributed by atoms with Crippen LogP contribution in [-0.2, 0) is 16.0 Å². The Balaban J connectivity index is 1.51. The number of carbonyl (C=O) groups is 2. The number of nitrogens with one attached hydrogen (secondary N) is 1. The summed E-state index contributed by atoms with van der Waals surface area (Å²) in [5.41, 5.74) is 2.07. The smallest absolute Gasteiger partial charge is 0.290 e. The number of ketones is 1. The van der Waals surface area contributed by atoms with Gasteiger partial charge in [0, 0.05) is 31.2 Å². The topological polar surface area (TPSA) is 58.6 Å². The summed E-state index contributed by atoms with van der Waals surface area (Å²) in [6.45, 7) is 1.21. The first-order valence-electron chi connectivity index (χ1n) is 9.42. The normalized spacial score (nSPS) is 16.6. The van der Waals surface area contributed by atoms with E-state index < -0.39 is 0 Å². The van der Waals surface area contributed by atoms with Crippen LogP contribution in [0.15, 0.2) is 54.6 Å². The number of methoxy groups -OCH3 is 1. The average molecular weight is 366 g/mol. The Morgan fingerprint density at radius 2 is 1.85 bits per heavy atom. The highest BCUT2D eigenvalue weighted by atomic mass is 16.5. The van der Waals surface area contributed by atoms with Crippen LogP contribution in [-0.4, -0.2) is 42.8 Å². The molecule has 1 amide bonds. The van der Waals surface area contributed by atoms with E-state index in [1.165, 1.54) is 0 Å². The van der Waals surface area contributed by atoms with Gasteiger partial charge >= 0.3 is 0 Å². The third-order valence-corrected chi connectivity index (χ3v) is 4.89. The van der Waals surface area contributed by atoms with Gasteiger partial charge in [-0.1, -0.05) is 30.3 Å². The molecule has 1 atom stereocenters. The third-order valence-electron chi connectivity index (χ3n) is 4.89. The second kappa shape index (κ2) is 9.21. The first-order valence-corrected chi connectivity index (χ1v) is 9.42. The van der Waals surface area contributed by atoms with Gasteiger partial charge in [0.1, 0.15) is 5.75 Å². The van der Waals surface area contributed by atoms with Gasteiger partial charge in [-0.05, 0) is 49.1 Å². The van der Waals surface area contributed by atoms with E-state index in [1.807, 2.05) is 54.6 Å². The zero-order valence-corrected chi connectivity index (χ0v) is 15.7. The molecule has 1 heterocycles. The molecule has 5 heteroatoms. The number of amides is 1. The molecule has 27 heavy (non-hydrogen) atoms. The van der Waals surface area contributed by atoms with Crippen molar-refractivity contribution in [3.63, 3.8) is 0 Å². The number of benzene rings is 2. The summed E-state index contributed by atoms with van der Waals surface area (Å²) in [4.78, 5) is 26.6. The standard InChI is InChI=1S/C22H26N2O3/c1-27-20-12-10-18(11-13-20)23-19-8-5-15-24(16-19)22(26)21(25)14-9-17-6-3-2-4-7-17/h2-4,6-7,10-13,19,23H,5,8-9,14-16H2,1H3. The second-order valence-corrected chi connectivity index (χ2v) is 6.87. The molecule has 2 aromatic carbocycles. The summed E-state index contributed by atoms with van der Waals surface area (Å²) in [5, 5.41) is 3.45. The molecule has 0 bridgehead atoms. The maximum Gasteiger partial charge on any atom is 0.290 e. The Morgan fingerprint density at radius 3 is 2.56 bits per heavy atom. The highest BCUT2D eigenvalue weighted by Crippen LogP contribution is 2.19. The number of nitrogens with zero attached hydrogens (tertiary/aromatic N) is 1. The second-order valence-electron chi connectivity index (χ2n) is 6.87. The van der Waals surface area contributed by atoms with Crippen LogP contribution >= 0.6 is 0 Å². The molecule has 0 spiro atoms. The molecule has 0 aliphatic carbocycles. The number of Topliss-reactive ketones (excluding diaryl/α,β-unsaturated/α-hetero) is 1. The molecule has 1 N–H and O–H groups in total. The van der Waals surface area contributed by atoms with Gasteiger partial charge in [-0.25, -0.2) is 0 Å². The molecule has 142 valence electrons. The first-order chi connectivity index (χ1) is 13.2. The first kappa shape index (κ1) is 19.0. The van der Waals surface area contributed by atoms with Gasteiger partial charge < -0.3 is 15.0 Å². The van der Waals surface area contributed by atoms with E-state index in [0.717, 1.165) is 29.8 Å². The van der Waals surface area contributed by atoms with E-state index in [9.17, 15) is 9.59 Å². The van der Waals surface area contributed by atoms with Crippen LogP contribution in [0, 0.1) is 0 Å². The third kappa shape index (κ3) is 5.33. The summed E-state index contributed by atoms with van der Waals surface area (Å²) in [5.74, 6) is 0.154. The van der Waals surface area contributed by atoms with E-state index in [-0.39, 0.29) is 24.2 Å². The summed E-state index contributed by atoms with van der Waals surface area (Å²) in [7, 11) is 1.64. The van der Waals surface area contributed by atoms with E-state index >= 15 is 0 Å². The molecule has 2 aromatic rings. The van der Waals surface area contributed by atoms with Gasteiger partial charge in [-0.15, -0.1) is 0 Å². The number of anilines is 1. The summed E-state index contributed by atoms with van der Waals surface area (Å²) in [6.07, 6.45) is 2.74. The van der Waals surface area contributed by atoms with E-state index in [0.29, 0.717) is 19.5 Å². The zero-order valence-electron chi connectivity index (χ0n) is 15.7. The van der Waals surface area contributed by atoms with Crippen molar-refractivity contribution >= 4 is 17.4 Å². The Morgan fingerprint density at radius 1 is 1.11 bits per heavy atom. The van der Waals surface area contributed by atoms with Gasteiger partial charge in [0.05, 0.1) is 7.11 Å². The molecule has 1 unspecified atom stereocenters. The van der Waals surface area contributed by atoms with Crippen LogP contribution in [0.5, 0.6) is 5.75 Å². The molecular weight excluding hydrogens is 340 g/mol. The fourth-order valence-electron chi connectivity index (χ4n) is 3.39. The maximum atomic E-state index is 12.5. The number of rotatable bonds is 7. The Labute approximate surface area is 160 Å². The van der Waals surface area contributed by atoms with Crippen LogP contribution in [0.2, 0.25) is 0 Å². The van der Waals surface area contributed by atoms with E-state index in [2.05, 4.69) is 5.32 Å². The molecule has 0 aromatic heterocycles. The molecule has 5 nitrogen and oxygen atoms in total. The van der Waals surface area contributed by atoms with Crippen LogP contribution in [0.1, 0.15) is 24.8 Å². The van der Waals surface area contributed by atoms with Gasteiger partial charge in [0.15, 0.2) is 0 Å². The highest BCUT2D eigenvalue weighted by molar-refractivity contribution is 6.36. The lowest BCUT2D eigenvalue weighted by atomic mass is 10.0. The molecule has 0 radical (unpaired) electrons. The number of likely N-dealkylation sites (tertiary alicyclic amines) is 1. The van der Waals surface area contributed by atoms with Crippen LogP contribution in [0.3, 0.4) is 0 Å². The monoisotopic (exact) mass is 366 g/mol. The van der Waals surface area contributed by atoms with Crippen molar-refractivity contribution in [3.8, 4) is 5.75 Å². The number of aryl methyl sites for hydroxylation is 1. The number of hydrogen-bond acceptors (Lipinski definition) is 4. The number of piperidine rings is 1. The molecule has 3 rings (SSSR count). The van der Waals surface area contributed by atoms with Gasteiger partial charge in [0.2, 0.25) is 5.78 Å². The van der Waals surface area contributed by atoms with Crippen LogP contribution in [0.25, 0.3) is 0 Å². The molecule has 1 saturated heterocycles. The summed E-state index contributed by atoms with van der Waals surface area (Å²) >= 11 is 0. The predicted octanol–water partition coefficient (Wildman–Crippen LogP) is 3.30. The number of ether oxygens (including phenoxy) is 1. The van der Waals surface area contributed by atoms with E-state index in [1.54, 1.807) is 12.0 Å². The SMILES string of the molecule is COc1ccc(NC2CCCN(C(=O)C(=O)CCc3ccccc3)C2)cc1. The molecule has 0 saturated carbocycles. The molecular formula is C22H26N2O3. The number of hydrogen-bond donors (Lipinski definition) is 1. The summed E-state index contributed by atoms with van der Waals surface area (Å²) < 4.78 is 5.17. The Bertz CT molecular complexity index is 759. The minimum Gasteiger partial charge on any atom is -0.497 e.